The molecule has 1 saturated heterocycles. The quantitative estimate of drug-likeness (QED) is 0.522. The number of hydrogen-bond acceptors (Lipinski definition) is 3. The monoisotopic (exact) mass is 439 g/mol. The van der Waals surface area contributed by atoms with Gasteiger partial charge in [-0.3, -0.25) is 9.78 Å². The molecule has 1 aromatic heterocycles. The van der Waals surface area contributed by atoms with Crippen molar-refractivity contribution in [3.05, 3.63) is 59.4 Å². The lowest BCUT2D eigenvalue weighted by Gasteiger charge is -2.47. The van der Waals surface area contributed by atoms with Crippen molar-refractivity contribution in [3.63, 3.8) is 0 Å². The lowest BCUT2D eigenvalue weighted by atomic mass is 9.57. The zero-order chi connectivity index (χ0) is 21.5. The molecule has 2 aromatic rings. The van der Waals surface area contributed by atoms with Gasteiger partial charge in [-0.1, -0.05) is 48.4 Å². The van der Waals surface area contributed by atoms with Gasteiger partial charge in [-0.15, -0.1) is 0 Å². The largest absolute Gasteiger partial charge is 0.462 e. The van der Waals surface area contributed by atoms with Crippen LogP contribution in [0.25, 0.3) is 17.2 Å². The summed E-state index contributed by atoms with van der Waals surface area (Å²) in [5, 5.41) is 0.699. The number of hydrogen-bond donors (Lipinski definition) is 0. The van der Waals surface area contributed by atoms with Crippen LogP contribution in [0.5, 0.6) is 0 Å². The van der Waals surface area contributed by atoms with E-state index >= 15 is 0 Å². The normalized spacial score (nSPS) is 34.9. The van der Waals surface area contributed by atoms with Gasteiger partial charge in [0.25, 0.3) is 0 Å². The van der Waals surface area contributed by atoms with E-state index in [0.717, 1.165) is 29.7 Å². The zero-order valence-electron chi connectivity index (χ0n) is 17.6. The summed E-state index contributed by atoms with van der Waals surface area (Å²) in [4.78, 5) is 17.0. The van der Waals surface area contributed by atoms with Gasteiger partial charge in [0.1, 0.15) is 12.3 Å². The summed E-state index contributed by atoms with van der Waals surface area (Å²) in [7, 11) is 0. The van der Waals surface area contributed by atoms with Crippen molar-refractivity contribution in [1.29, 1.82) is 0 Å². The fourth-order valence-electron chi connectivity index (χ4n) is 6.13. The van der Waals surface area contributed by atoms with E-state index in [-0.39, 0.29) is 41.7 Å². The number of allylic oxidation sites excluding steroid dienone is 1. The Hall–Kier alpha value is -2.20. The Labute approximate surface area is 187 Å². The Balaban J connectivity index is 1.41. The third kappa shape index (κ3) is 3.80. The Kier molecular flexibility index (Phi) is 5.60. The van der Waals surface area contributed by atoms with E-state index in [2.05, 4.69) is 11.1 Å². The van der Waals surface area contributed by atoms with Crippen LogP contribution in [0.1, 0.15) is 38.3 Å². The fourth-order valence-corrected chi connectivity index (χ4v) is 6.38. The van der Waals surface area contributed by atoms with E-state index in [9.17, 15) is 9.18 Å². The highest BCUT2D eigenvalue weighted by Crippen LogP contribution is 2.54. The fraction of sp³-hybridized carbons (Fsp3) is 0.462. The van der Waals surface area contributed by atoms with Crippen LogP contribution in [0.3, 0.4) is 0 Å². The summed E-state index contributed by atoms with van der Waals surface area (Å²) >= 11 is 6.30. The molecular weight excluding hydrogens is 413 g/mol. The first-order valence-electron chi connectivity index (χ1n) is 11.3. The van der Waals surface area contributed by atoms with Gasteiger partial charge in [0.05, 0.1) is 11.6 Å². The molecule has 2 saturated carbocycles. The molecule has 0 N–H and O–H groups in total. The van der Waals surface area contributed by atoms with Crippen molar-refractivity contribution in [2.45, 2.75) is 44.9 Å². The van der Waals surface area contributed by atoms with Crippen LogP contribution in [-0.4, -0.2) is 23.2 Å². The average molecular weight is 440 g/mol. The number of carbonyl (C=O) groups excluding carboxylic acids is 1. The lowest BCUT2D eigenvalue weighted by Crippen LogP contribution is -2.46. The van der Waals surface area contributed by atoms with Gasteiger partial charge in [0.15, 0.2) is 0 Å². The summed E-state index contributed by atoms with van der Waals surface area (Å²) in [5.41, 5.74) is 2.77. The summed E-state index contributed by atoms with van der Waals surface area (Å²) in [6.45, 7) is 1.98. The molecule has 3 nitrogen and oxygen atoms in total. The topological polar surface area (TPSA) is 39.2 Å². The molecule has 0 bridgehead atoms. The van der Waals surface area contributed by atoms with Crippen LogP contribution >= 0.6 is 11.6 Å². The molecule has 162 valence electrons. The number of aromatic nitrogens is 1. The molecule has 5 heteroatoms. The number of esters is 1. The SMILES string of the molecule is C[C@H]1OC(=O)[C@@H]2C[C@H]3[C@H](CCC[C@H]3F)[C@H](/C=C/c3ccc(-c4ccccc4Cl)cn3)[C@H]12. The van der Waals surface area contributed by atoms with Crippen molar-refractivity contribution < 1.29 is 13.9 Å². The number of ether oxygens (including phenoxy) is 1. The summed E-state index contributed by atoms with van der Waals surface area (Å²) in [5.74, 6) is 0.150. The van der Waals surface area contributed by atoms with Crippen LogP contribution in [-0.2, 0) is 9.53 Å². The summed E-state index contributed by atoms with van der Waals surface area (Å²) < 4.78 is 20.4. The van der Waals surface area contributed by atoms with Crippen LogP contribution < -0.4 is 0 Å². The molecular formula is C26H27ClFNO2. The Morgan fingerprint density at radius 1 is 1.16 bits per heavy atom. The second-order valence-corrected chi connectivity index (χ2v) is 9.63. The number of benzene rings is 1. The van der Waals surface area contributed by atoms with Gasteiger partial charge in [-0.2, -0.15) is 0 Å². The predicted octanol–water partition coefficient (Wildman–Crippen LogP) is 6.37. The van der Waals surface area contributed by atoms with Gasteiger partial charge >= 0.3 is 5.97 Å². The molecule has 0 unspecified atom stereocenters. The minimum atomic E-state index is -0.813. The van der Waals surface area contributed by atoms with E-state index in [1.54, 1.807) is 0 Å². The van der Waals surface area contributed by atoms with Crippen LogP contribution in [0.4, 0.5) is 4.39 Å². The average Bonchev–Trinajstić information content (AvgIpc) is 3.06. The Morgan fingerprint density at radius 3 is 2.77 bits per heavy atom. The van der Waals surface area contributed by atoms with Gasteiger partial charge < -0.3 is 4.74 Å². The van der Waals surface area contributed by atoms with E-state index in [0.29, 0.717) is 17.9 Å². The molecule has 7 atom stereocenters. The van der Waals surface area contributed by atoms with Crippen molar-refractivity contribution in [2.75, 3.05) is 0 Å². The molecule has 31 heavy (non-hydrogen) atoms. The molecule has 0 amide bonds. The van der Waals surface area contributed by atoms with Crippen molar-refractivity contribution in [1.82, 2.24) is 4.98 Å². The molecule has 2 aliphatic carbocycles. The number of nitrogens with zero attached hydrogens (tertiary/aromatic N) is 1. The standard InChI is InChI=1S/C26H27ClFNO2/c1-15-25-20(19-6-4-8-24(28)21(19)13-22(25)26(30)31-15)12-11-17-10-9-16(14-29-17)18-5-2-3-7-23(18)27/h2-3,5,7,9-12,14-15,19-22,24-25H,4,6,8,13H2,1H3/b12-11+/t15-,19-,20+,21+,22-,24-,25+/m1/s1. The minimum Gasteiger partial charge on any atom is -0.462 e. The number of halogens is 2. The van der Waals surface area contributed by atoms with E-state index in [4.69, 9.17) is 16.3 Å². The van der Waals surface area contributed by atoms with Gasteiger partial charge in [-0.25, -0.2) is 4.39 Å². The van der Waals surface area contributed by atoms with Crippen LogP contribution in [0, 0.1) is 29.6 Å². The maximum atomic E-state index is 14.8. The molecule has 1 aromatic carbocycles. The highest BCUT2D eigenvalue weighted by molar-refractivity contribution is 6.33. The van der Waals surface area contributed by atoms with Gasteiger partial charge in [-0.05, 0) is 62.1 Å². The zero-order valence-corrected chi connectivity index (χ0v) is 18.3. The lowest BCUT2D eigenvalue weighted by molar-refractivity contribution is -0.144. The first kappa shape index (κ1) is 20.7. The number of carbonyl (C=O) groups is 1. The molecule has 3 aliphatic rings. The van der Waals surface area contributed by atoms with Crippen molar-refractivity contribution >= 4 is 23.6 Å². The minimum absolute atomic E-state index is 0.0435. The molecule has 1 aliphatic heterocycles. The first-order chi connectivity index (χ1) is 15.0. The Bertz CT molecular complexity index is 991. The summed E-state index contributed by atoms with van der Waals surface area (Å²) in [6, 6.07) is 11.7. The number of pyridine rings is 1. The second kappa shape index (κ2) is 8.38. The third-order valence-electron chi connectivity index (χ3n) is 7.57. The highest BCUT2D eigenvalue weighted by Gasteiger charge is 2.55. The molecule has 0 spiro atoms. The number of cyclic esters (lactones) is 1. The Morgan fingerprint density at radius 2 is 2.00 bits per heavy atom. The first-order valence-corrected chi connectivity index (χ1v) is 11.6. The number of alkyl halides is 1. The number of rotatable bonds is 3. The van der Waals surface area contributed by atoms with E-state index in [1.807, 2.05) is 55.6 Å². The predicted molar refractivity (Wildman–Crippen MR) is 120 cm³/mol. The number of fused-ring (bicyclic) bond motifs is 2. The van der Waals surface area contributed by atoms with E-state index < -0.39 is 6.17 Å². The van der Waals surface area contributed by atoms with Crippen molar-refractivity contribution in [2.24, 2.45) is 29.6 Å². The van der Waals surface area contributed by atoms with Crippen LogP contribution in [0.15, 0.2) is 48.7 Å². The van der Waals surface area contributed by atoms with Gasteiger partial charge in [0, 0.05) is 28.3 Å². The molecule has 5 rings (SSSR count). The maximum Gasteiger partial charge on any atom is 0.309 e. The van der Waals surface area contributed by atoms with Gasteiger partial charge in [0.2, 0.25) is 0 Å². The smallest absolute Gasteiger partial charge is 0.309 e. The highest BCUT2D eigenvalue weighted by atomic mass is 35.5. The summed E-state index contributed by atoms with van der Waals surface area (Å²) in [6.07, 6.45) is 8.27. The molecule has 0 radical (unpaired) electrons. The van der Waals surface area contributed by atoms with Crippen LogP contribution in [0.2, 0.25) is 5.02 Å². The third-order valence-corrected chi connectivity index (χ3v) is 7.90. The molecule has 3 fully saturated rings. The maximum absolute atomic E-state index is 14.8. The van der Waals surface area contributed by atoms with E-state index in [1.165, 1.54) is 0 Å². The molecule has 2 heterocycles. The van der Waals surface area contributed by atoms with Crippen molar-refractivity contribution in [3.8, 4) is 11.1 Å². The second-order valence-electron chi connectivity index (χ2n) is 9.22.